The first-order valence-electron chi connectivity index (χ1n) is 7.61. The van der Waals surface area contributed by atoms with Crippen LogP contribution in [0.3, 0.4) is 0 Å². The first-order valence-corrected chi connectivity index (χ1v) is 7.61. The average molecular weight is 330 g/mol. The number of alkyl halides is 3. The van der Waals surface area contributed by atoms with E-state index in [2.05, 4.69) is 4.74 Å². The number of carbonyl (C=O) groups is 1. The van der Waals surface area contributed by atoms with Crippen molar-refractivity contribution in [1.29, 1.82) is 0 Å². The van der Waals surface area contributed by atoms with Crippen molar-refractivity contribution in [2.45, 2.75) is 37.9 Å². The Balaban J connectivity index is 2.29. The van der Waals surface area contributed by atoms with Crippen LogP contribution >= 0.6 is 0 Å². The minimum atomic E-state index is -4.49. The van der Waals surface area contributed by atoms with Crippen LogP contribution in [0.25, 0.3) is 0 Å². The molecular formula is C16H21F3N2O2. The van der Waals surface area contributed by atoms with Crippen molar-refractivity contribution < 1.29 is 22.7 Å². The van der Waals surface area contributed by atoms with E-state index in [-0.39, 0.29) is 12.0 Å². The molecule has 23 heavy (non-hydrogen) atoms. The average Bonchev–Trinajstić information content (AvgIpc) is 2.54. The smallest absolute Gasteiger partial charge is 0.416 e. The van der Waals surface area contributed by atoms with Crippen molar-refractivity contribution in [3.63, 3.8) is 0 Å². The van der Waals surface area contributed by atoms with Crippen LogP contribution in [0.2, 0.25) is 0 Å². The van der Waals surface area contributed by atoms with Gasteiger partial charge in [0.2, 0.25) is 0 Å². The molecule has 0 spiro atoms. The lowest BCUT2D eigenvalue weighted by atomic mass is 9.98. The molecule has 1 aromatic carbocycles. The highest BCUT2D eigenvalue weighted by Gasteiger charge is 2.35. The molecule has 0 aliphatic carbocycles. The molecule has 1 atom stereocenters. The van der Waals surface area contributed by atoms with Gasteiger partial charge in [-0.05, 0) is 43.4 Å². The van der Waals surface area contributed by atoms with E-state index in [0.29, 0.717) is 5.69 Å². The molecule has 1 saturated heterocycles. The zero-order chi connectivity index (χ0) is 17.0. The normalized spacial score (nSPS) is 17.0. The van der Waals surface area contributed by atoms with Crippen LogP contribution in [0.4, 0.5) is 18.9 Å². The molecule has 1 aliphatic heterocycles. The Hall–Kier alpha value is -1.76. The van der Waals surface area contributed by atoms with Gasteiger partial charge < -0.3 is 15.4 Å². The number of halogens is 3. The number of benzene rings is 1. The van der Waals surface area contributed by atoms with Crippen LogP contribution in [0.5, 0.6) is 0 Å². The lowest BCUT2D eigenvalue weighted by molar-refractivity contribution is -0.143. The number of methoxy groups -OCH3 is 1. The van der Waals surface area contributed by atoms with Crippen LogP contribution < -0.4 is 10.6 Å². The predicted molar refractivity (Wildman–Crippen MR) is 81.2 cm³/mol. The predicted octanol–water partition coefficient (Wildman–Crippen LogP) is 2.74. The van der Waals surface area contributed by atoms with Gasteiger partial charge in [0.1, 0.15) is 6.04 Å². The first-order chi connectivity index (χ1) is 10.8. The van der Waals surface area contributed by atoms with E-state index in [9.17, 15) is 18.0 Å². The van der Waals surface area contributed by atoms with E-state index in [4.69, 9.17) is 5.73 Å². The molecule has 0 amide bonds. The Morgan fingerprint density at radius 1 is 1.30 bits per heavy atom. The maximum Gasteiger partial charge on any atom is 0.416 e. The summed E-state index contributed by atoms with van der Waals surface area (Å²) in [7, 11) is 1.16. The van der Waals surface area contributed by atoms with E-state index in [1.165, 1.54) is 6.07 Å². The maximum atomic E-state index is 13.4. The molecular weight excluding hydrogens is 309 g/mol. The van der Waals surface area contributed by atoms with Gasteiger partial charge in [-0.3, -0.25) is 4.79 Å². The summed E-state index contributed by atoms with van der Waals surface area (Å²) < 4.78 is 44.5. The van der Waals surface area contributed by atoms with Crippen LogP contribution in [0.15, 0.2) is 18.2 Å². The van der Waals surface area contributed by atoms with Gasteiger partial charge in [0.25, 0.3) is 0 Å². The number of piperidine rings is 1. The second kappa shape index (κ2) is 7.21. The fourth-order valence-electron chi connectivity index (χ4n) is 2.83. The Labute approximate surface area is 133 Å². The molecule has 1 fully saturated rings. The van der Waals surface area contributed by atoms with Crippen LogP contribution in [-0.4, -0.2) is 32.2 Å². The third-order valence-corrected chi connectivity index (χ3v) is 4.06. The van der Waals surface area contributed by atoms with E-state index in [1.807, 2.05) is 4.90 Å². The summed E-state index contributed by atoms with van der Waals surface area (Å²) in [5.74, 6) is -0.724. The summed E-state index contributed by atoms with van der Waals surface area (Å²) >= 11 is 0. The number of hydrogen-bond acceptors (Lipinski definition) is 4. The molecule has 0 bridgehead atoms. The minimum absolute atomic E-state index is 0.0103. The summed E-state index contributed by atoms with van der Waals surface area (Å²) in [6.07, 6.45) is -1.62. The van der Waals surface area contributed by atoms with Crippen LogP contribution in [-0.2, 0) is 22.1 Å². The van der Waals surface area contributed by atoms with Crippen molar-refractivity contribution in [3.05, 3.63) is 29.3 Å². The molecule has 1 aromatic rings. The monoisotopic (exact) mass is 330 g/mol. The first kappa shape index (κ1) is 17.6. The lowest BCUT2D eigenvalue weighted by Gasteiger charge is -2.30. The van der Waals surface area contributed by atoms with E-state index in [1.54, 1.807) is 6.07 Å². The highest BCUT2D eigenvalue weighted by Crippen LogP contribution is 2.35. The third kappa shape index (κ3) is 4.37. The maximum absolute atomic E-state index is 13.4. The second-order valence-electron chi connectivity index (χ2n) is 5.72. The Morgan fingerprint density at radius 2 is 1.96 bits per heavy atom. The highest BCUT2D eigenvalue weighted by molar-refractivity contribution is 5.75. The SMILES string of the molecule is COC(=O)C(N)Cc1ccc(N2CCCCC2)cc1C(F)(F)F. The zero-order valence-corrected chi connectivity index (χ0v) is 13.0. The van der Waals surface area contributed by atoms with Crippen molar-refractivity contribution in [1.82, 2.24) is 0 Å². The summed E-state index contributed by atoms with van der Waals surface area (Å²) in [5, 5.41) is 0. The Morgan fingerprint density at radius 3 is 2.52 bits per heavy atom. The molecule has 0 radical (unpaired) electrons. The van der Waals surface area contributed by atoms with E-state index < -0.39 is 23.8 Å². The van der Waals surface area contributed by atoms with Gasteiger partial charge in [0.05, 0.1) is 12.7 Å². The van der Waals surface area contributed by atoms with Crippen LogP contribution in [0.1, 0.15) is 30.4 Å². The van der Waals surface area contributed by atoms with Gasteiger partial charge in [0.15, 0.2) is 0 Å². The molecule has 7 heteroatoms. The second-order valence-corrected chi connectivity index (χ2v) is 5.72. The molecule has 2 N–H and O–H groups in total. The molecule has 128 valence electrons. The van der Waals surface area contributed by atoms with E-state index in [0.717, 1.165) is 45.5 Å². The molecule has 2 rings (SSSR count). The van der Waals surface area contributed by atoms with Gasteiger partial charge >= 0.3 is 12.1 Å². The number of nitrogens with two attached hydrogens (primary N) is 1. The minimum Gasteiger partial charge on any atom is -0.468 e. The van der Waals surface area contributed by atoms with Crippen LogP contribution in [0, 0.1) is 0 Å². The molecule has 0 aromatic heterocycles. The van der Waals surface area contributed by atoms with Crippen molar-refractivity contribution in [2.24, 2.45) is 5.73 Å². The fraction of sp³-hybridized carbons (Fsp3) is 0.562. The van der Waals surface area contributed by atoms with Gasteiger partial charge in [0, 0.05) is 18.8 Å². The third-order valence-electron chi connectivity index (χ3n) is 4.06. The number of esters is 1. The van der Waals surface area contributed by atoms with Gasteiger partial charge in [-0.1, -0.05) is 6.07 Å². The molecule has 0 saturated carbocycles. The summed E-state index contributed by atoms with van der Waals surface area (Å²) in [4.78, 5) is 13.3. The van der Waals surface area contributed by atoms with Gasteiger partial charge in [-0.25, -0.2) is 0 Å². The summed E-state index contributed by atoms with van der Waals surface area (Å²) in [6, 6.07) is 3.13. The summed E-state index contributed by atoms with van der Waals surface area (Å²) in [6.45, 7) is 1.52. The number of nitrogens with zero attached hydrogens (tertiary/aromatic N) is 1. The molecule has 1 aliphatic rings. The highest BCUT2D eigenvalue weighted by atomic mass is 19.4. The Bertz CT molecular complexity index is 555. The van der Waals surface area contributed by atoms with Gasteiger partial charge in [-0.2, -0.15) is 13.2 Å². The number of anilines is 1. The molecule has 1 unspecified atom stereocenters. The zero-order valence-electron chi connectivity index (χ0n) is 13.0. The van der Waals surface area contributed by atoms with Crippen molar-refractivity contribution in [3.8, 4) is 0 Å². The largest absolute Gasteiger partial charge is 0.468 e. The standard InChI is InChI=1S/C16H21F3N2O2/c1-23-15(22)14(20)9-11-5-6-12(10-13(11)16(17,18)19)21-7-3-2-4-8-21/h5-6,10,14H,2-4,7-9,20H2,1H3. The fourth-order valence-corrected chi connectivity index (χ4v) is 2.83. The number of hydrogen-bond donors (Lipinski definition) is 1. The Kier molecular flexibility index (Phi) is 5.51. The van der Waals surface area contributed by atoms with Crippen molar-refractivity contribution >= 4 is 11.7 Å². The topological polar surface area (TPSA) is 55.6 Å². The lowest BCUT2D eigenvalue weighted by Crippen LogP contribution is -2.34. The molecule has 4 nitrogen and oxygen atoms in total. The quantitative estimate of drug-likeness (QED) is 0.863. The van der Waals surface area contributed by atoms with E-state index >= 15 is 0 Å². The van der Waals surface area contributed by atoms with Crippen molar-refractivity contribution in [2.75, 3.05) is 25.1 Å². The number of carbonyl (C=O) groups excluding carboxylic acids is 1. The number of ether oxygens (including phenoxy) is 1. The van der Waals surface area contributed by atoms with Gasteiger partial charge in [-0.15, -0.1) is 0 Å². The summed E-state index contributed by atoms with van der Waals surface area (Å²) in [5.41, 5.74) is 5.44. The number of rotatable bonds is 4. The molecule has 1 heterocycles.